The lowest BCUT2D eigenvalue weighted by molar-refractivity contribution is 0.275. The number of ether oxygens (including phenoxy) is 1. The van der Waals surface area contributed by atoms with E-state index in [0.717, 1.165) is 49.8 Å². The number of aliphatic imine (C=N–C) groups is 1. The van der Waals surface area contributed by atoms with E-state index in [4.69, 9.17) is 10.5 Å². The minimum absolute atomic E-state index is 0.437. The van der Waals surface area contributed by atoms with Gasteiger partial charge >= 0.3 is 0 Å². The second-order valence-electron chi connectivity index (χ2n) is 7.19. The van der Waals surface area contributed by atoms with Gasteiger partial charge in [-0.3, -0.25) is 4.99 Å². The molecule has 0 unspecified atom stereocenters. The average molecular weight is 382 g/mol. The number of rotatable bonds is 7. The molecule has 1 heterocycles. The third-order valence-electron chi connectivity index (χ3n) is 4.81. The van der Waals surface area contributed by atoms with Gasteiger partial charge in [0.2, 0.25) is 0 Å². The van der Waals surface area contributed by atoms with Crippen LogP contribution >= 0.6 is 0 Å². The van der Waals surface area contributed by atoms with Crippen LogP contribution in [0.5, 0.6) is 11.5 Å². The van der Waals surface area contributed by atoms with Gasteiger partial charge in [0.15, 0.2) is 5.96 Å². The van der Waals surface area contributed by atoms with Crippen molar-refractivity contribution >= 4 is 11.6 Å². The van der Waals surface area contributed by atoms with Crippen molar-refractivity contribution in [2.45, 2.75) is 12.8 Å². The van der Waals surface area contributed by atoms with Crippen molar-refractivity contribution in [3.05, 3.63) is 54.6 Å². The van der Waals surface area contributed by atoms with Crippen molar-refractivity contribution in [2.24, 2.45) is 10.7 Å². The molecule has 28 heavy (non-hydrogen) atoms. The van der Waals surface area contributed by atoms with Crippen molar-refractivity contribution in [3.8, 4) is 11.5 Å². The van der Waals surface area contributed by atoms with Gasteiger partial charge in [-0.25, -0.2) is 0 Å². The summed E-state index contributed by atoms with van der Waals surface area (Å²) in [4.78, 5) is 9.38. The maximum Gasteiger partial charge on any atom is 0.193 e. The van der Waals surface area contributed by atoms with Crippen LogP contribution in [-0.4, -0.2) is 62.1 Å². The number of nitrogens with one attached hydrogen (secondary N) is 1. The number of hydrogen-bond donors (Lipinski definition) is 2. The molecule has 2 aromatic carbocycles. The number of guanidine groups is 1. The lowest BCUT2D eigenvalue weighted by atomic mass is 10.3. The lowest BCUT2D eigenvalue weighted by Crippen LogP contribution is -2.30. The van der Waals surface area contributed by atoms with E-state index in [1.807, 2.05) is 54.6 Å². The molecule has 0 atom stereocenters. The van der Waals surface area contributed by atoms with Crippen molar-refractivity contribution < 1.29 is 4.74 Å². The fourth-order valence-corrected chi connectivity index (χ4v) is 3.27. The standard InChI is InChI=1S/C22H31N5O/c1-26-13-7-15-27(17-16-26)14-6-12-24-22(23)25-19-8-5-11-21(18-19)28-20-9-3-2-4-10-20/h2-5,8-11,18H,6-7,12-17H2,1H3,(H3,23,24,25). The molecule has 0 aromatic heterocycles. The van der Waals surface area contributed by atoms with Gasteiger partial charge in [0.25, 0.3) is 0 Å². The Hall–Kier alpha value is -2.57. The molecule has 3 rings (SSSR count). The summed E-state index contributed by atoms with van der Waals surface area (Å²) in [5.74, 6) is 2.00. The lowest BCUT2D eigenvalue weighted by Gasteiger charge is -2.19. The van der Waals surface area contributed by atoms with Crippen molar-refractivity contribution in [1.29, 1.82) is 0 Å². The van der Waals surface area contributed by atoms with E-state index in [2.05, 4.69) is 27.2 Å². The molecule has 0 aliphatic carbocycles. The molecule has 2 aromatic rings. The number of para-hydroxylation sites is 1. The number of nitrogens with two attached hydrogens (primary N) is 1. The normalized spacial score (nSPS) is 16.5. The highest BCUT2D eigenvalue weighted by molar-refractivity contribution is 5.92. The zero-order chi connectivity index (χ0) is 19.6. The summed E-state index contributed by atoms with van der Waals surface area (Å²) in [5.41, 5.74) is 6.91. The summed E-state index contributed by atoms with van der Waals surface area (Å²) < 4.78 is 5.85. The van der Waals surface area contributed by atoms with E-state index in [9.17, 15) is 0 Å². The van der Waals surface area contributed by atoms with Crippen LogP contribution in [0.1, 0.15) is 12.8 Å². The van der Waals surface area contributed by atoms with Gasteiger partial charge in [-0.15, -0.1) is 0 Å². The topological polar surface area (TPSA) is 66.1 Å². The fraction of sp³-hybridized carbons (Fsp3) is 0.409. The van der Waals surface area contributed by atoms with E-state index in [1.54, 1.807) is 0 Å². The number of hydrogen-bond acceptors (Lipinski definition) is 4. The highest BCUT2D eigenvalue weighted by Crippen LogP contribution is 2.23. The summed E-state index contributed by atoms with van der Waals surface area (Å²) >= 11 is 0. The number of nitrogens with zero attached hydrogens (tertiary/aromatic N) is 3. The van der Waals surface area contributed by atoms with Gasteiger partial charge in [-0.05, 0) is 63.8 Å². The predicted octanol–water partition coefficient (Wildman–Crippen LogP) is 3.23. The molecule has 1 fully saturated rings. The highest BCUT2D eigenvalue weighted by Gasteiger charge is 2.11. The van der Waals surface area contributed by atoms with Crippen LogP contribution in [0, 0.1) is 0 Å². The summed E-state index contributed by atoms with van der Waals surface area (Å²) in [6.45, 7) is 6.46. The molecule has 1 saturated heterocycles. The molecular formula is C22H31N5O. The van der Waals surface area contributed by atoms with E-state index in [1.165, 1.54) is 19.5 Å². The third-order valence-corrected chi connectivity index (χ3v) is 4.81. The zero-order valence-electron chi connectivity index (χ0n) is 16.7. The minimum atomic E-state index is 0.437. The summed E-state index contributed by atoms with van der Waals surface area (Å²) in [6, 6.07) is 17.5. The molecule has 0 radical (unpaired) electrons. The molecule has 0 spiro atoms. The van der Waals surface area contributed by atoms with E-state index < -0.39 is 0 Å². The van der Waals surface area contributed by atoms with Crippen LogP contribution in [0.4, 0.5) is 5.69 Å². The second-order valence-corrected chi connectivity index (χ2v) is 7.19. The number of benzene rings is 2. The predicted molar refractivity (Wildman–Crippen MR) is 116 cm³/mol. The van der Waals surface area contributed by atoms with Crippen LogP contribution in [0.2, 0.25) is 0 Å². The van der Waals surface area contributed by atoms with E-state index >= 15 is 0 Å². The Morgan fingerprint density at radius 2 is 1.86 bits per heavy atom. The Morgan fingerprint density at radius 3 is 2.71 bits per heavy atom. The average Bonchev–Trinajstić information content (AvgIpc) is 2.90. The van der Waals surface area contributed by atoms with E-state index in [-0.39, 0.29) is 0 Å². The maximum atomic E-state index is 6.05. The van der Waals surface area contributed by atoms with Crippen molar-refractivity contribution in [2.75, 3.05) is 51.6 Å². The Bertz CT molecular complexity index is 750. The smallest absolute Gasteiger partial charge is 0.193 e. The monoisotopic (exact) mass is 381 g/mol. The first-order valence-corrected chi connectivity index (χ1v) is 10.00. The molecule has 0 bridgehead atoms. The largest absolute Gasteiger partial charge is 0.457 e. The molecule has 1 aliphatic rings. The molecule has 0 amide bonds. The molecule has 6 nitrogen and oxygen atoms in total. The van der Waals surface area contributed by atoms with Crippen LogP contribution in [0.15, 0.2) is 59.6 Å². The molecular weight excluding hydrogens is 350 g/mol. The zero-order valence-corrected chi connectivity index (χ0v) is 16.7. The van der Waals surface area contributed by atoms with Gasteiger partial charge in [-0.1, -0.05) is 24.3 Å². The number of anilines is 1. The SMILES string of the molecule is CN1CCCN(CCCN=C(N)Nc2cccc(Oc3ccccc3)c2)CC1. The van der Waals surface area contributed by atoms with Crippen LogP contribution in [-0.2, 0) is 0 Å². The number of likely N-dealkylation sites (N-methyl/N-ethyl adjacent to an activating group) is 1. The second kappa shape index (κ2) is 10.7. The van der Waals surface area contributed by atoms with Crippen molar-refractivity contribution in [3.63, 3.8) is 0 Å². The Kier molecular flexibility index (Phi) is 7.70. The first kappa shape index (κ1) is 20.2. The quantitative estimate of drug-likeness (QED) is 0.438. The van der Waals surface area contributed by atoms with Gasteiger partial charge in [-0.2, -0.15) is 0 Å². The van der Waals surface area contributed by atoms with Gasteiger partial charge < -0.3 is 25.6 Å². The summed E-state index contributed by atoms with van der Waals surface area (Å²) in [7, 11) is 2.19. The summed E-state index contributed by atoms with van der Waals surface area (Å²) in [6.07, 6.45) is 2.26. The Labute approximate surface area is 168 Å². The van der Waals surface area contributed by atoms with Gasteiger partial charge in [0.05, 0.1) is 0 Å². The molecule has 0 saturated carbocycles. The van der Waals surface area contributed by atoms with Crippen LogP contribution in [0.25, 0.3) is 0 Å². The van der Waals surface area contributed by atoms with Gasteiger partial charge in [0.1, 0.15) is 11.5 Å². The highest BCUT2D eigenvalue weighted by atomic mass is 16.5. The van der Waals surface area contributed by atoms with Crippen molar-refractivity contribution in [1.82, 2.24) is 9.80 Å². The van der Waals surface area contributed by atoms with Crippen LogP contribution < -0.4 is 15.8 Å². The third kappa shape index (κ3) is 6.87. The fourth-order valence-electron chi connectivity index (χ4n) is 3.27. The molecule has 150 valence electrons. The molecule has 6 heteroatoms. The Morgan fingerprint density at radius 1 is 1.04 bits per heavy atom. The molecule has 3 N–H and O–H groups in total. The van der Waals surface area contributed by atoms with Gasteiger partial charge in [0, 0.05) is 31.4 Å². The minimum Gasteiger partial charge on any atom is -0.457 e. The van der Waals surface area contributed by atoms with Crippen LogP contribution in [0.3, 0.4) is 0 Å². The Balaban J connectivity index is 1.43. The summed E-state index contributed by atoms with van der Waals surface area (Å²) in [5, 5.41) is 3.15. The first-order chi connectivity index (χ1) is 13.7. The first-order valence-electron chi connectivity index (χ1n) is 10.00. The molecule has 1 aliphatic heterocycles. The maximum absolute atomic E-state index is 6.05. The van der Waals surface area contributed by atoms with E-state index in [0.29, 0.717) is 5.96 Å².